The number of aliphatic hydroxyl groups excluding tert-OH is 1. The van der Waals surface area contributed by atoms with Gasteiger partial charge in [0, 0.05) is 23.3 Å². The molecule has 1 aliphatic heterocycles. The van der Waals surface area contributed by atoms with Crippen molar-refractivity contribution >= 4 is 28.9 Å². The summed E-state index contributed by atoms with van der Waals surface area (Å²) in [5.41, 5.74) is -1.01. The number of halogens is 4. The highest BCUT2D eigenvalue weighted by Gasteiger charge is 2.36. The number of amides is 1. The summed E-state index contributed by atoms with van der Waals surface area (Å²) in [4.78, 5) is 13.7. The second kappa shape index (κ2) is 6.49. The number of anilines is 1. The number of benzene rings is 1. The lowest BCUT2D eigenvalue weighted by atomic mass is 10.0. The lowest BCUT2D eigenvalue weighted by Crippen LogP contribution is -2.56. The SMILES string of the molecule is N=C(/C=C(\O)NC(=O)[C@@H]1CCN1c1ccc(Cl)cc1)C(F)(F)F. The Morgan fingerprint density at radius 1 is 1.39 bits per heavy atom. The van der Waals surface area contributed by atoms with Crippen molar-refractivity contribution in [2.45, 2.75) is 18.6 Å². The van der Waals surface area contributed by atoms with Crippen LogP contribution >= 0.6 is 11.6 Å². The molecule has 1 atom stereocenters. The summed E-state index contributed by atoms with van der Waals surface area (Å²) < 4.78 is 36.6. The molecule has 9 heteroatoms. The van der Waals surface area contributed by atoms with Crippen LogP contribution in [-0.4, -0.2) is 35.5 Å². The predicted molar refractivity (Wildman–Crippen MR) is 79.8 cm³/mol. The number of carbonyl (C=O) groups excluding carboxylic acids is 1. The maximum atomic E-state index is 12.2. The minimum absolute atomic E-state index is 0.156. The molecule has 1 fully saturated rings. The highest BCUT2D eigenvalue weighted by molar-refractivity contribution is 6.30. The molecule has 0 bridgehead atoms. The van der Waals surface area contributed by atoms with Gasteiger partial charge in [0.15, 0.2) is 5.88 Å². The van der Waals surface area contributed by atoms with E-state index in [-0.39, 0.29) is 6.08 Å². The van der Waals surface area contributed by atoms with Crippen molar-refractivity contribution in [2.75, 3.05) is 11.4 Å². The number of nitrogens with zero attached hydrogens (tertiary/aromatic N) is 1. The van der Waals surface area contributed by atoms with E-state index >= 15 is 0 Å². The molecule has 23 heavy (non-hydrogen) atoms. The summed E-state index contributed by atoms with van der Waals surface area (Å²) in [5.74, 6) is -1.66. The number of carbonyl (C=O) groups is 1. The number of aliphatic hydroxyl groups is 1. The van der Waals surface area contributed by atoms with Crippen molar-refractivity contribution in [3.63, 3.8) is 0 Å². The molecule has 1 aromatic rings. The zero-order chi connectivity index (χ0) is 17.2. The molecular formula is C14H13ClF3N3O2. The maximum Gasteiger partial charge on any atom is 0.432 e. The van der Waals surface area contributed by atoms with Crippen LogP contribution in [0.4, 0.5) is 18.9 Å². The molecule has 0 aromatic heterocycles. The first-order valence-electron chi connectivity index (χ1n) is 6.58. The fourth-order valence-electron chi connectivity index (χ4n) is 2.07. The average molecular weight is 348 g/mol. The Morgan fingerprint density at radius 2 is 2.00 bits per heavy atom. The molecule has 0 aliphatic carbocycles. The third-order valence-corrected chi connectivity index (χ3v) is 3.57. The summed E-state index contributed by atoms with van der Waals surface area (Å²) >= 11 is 5.78. The molecule has 1 amide bonds. The van der Waals surface area contributed by atoms with E-state index in [1.807, 2.05) is 5.32 Å². The number of hydrogen-bond donors (Lipinski definition) is 3. The van der Waals surface area contributed by atoms with Crippen LogP contribution in [0.25, 0.3) is 0 Å². The lowest BCUT2D eigenvalue weighted by Gasteiger charge is -2.41. The summed E-state index contributed by atoms with van der Waals surface area (Å²) in [6.07, 6.45) is -4.23. The van der Waals surface area contributed by atoms with Gasteiger partial charge in [0.05, 0.1) is 0 Å². The number of hydrogen-bond acceptors (Lipinski definition) is 4. The van der Waals surface area contributed by atoms with Crippen LogP contribution in [0.3, 0.4) is 0 Å². The first kappa shape index (κ1) is 17.1. The van der Waals surface area contributed by atoms with E-state index in [1.165, 1.54) is 0 Å². The number of nitrogens with one attached hydrogen (secondary N) is 2. The Bertz CT molecular complexity index is 644. The molecule has 1 saturated heterocycles. The highest BCUT2D eigenvalue weighted by atomic mass is 35.5. The maximum absolute atomic E-state index is 12.2. The van der Waals surface area contributed by atoms with Crippen LogP contribution in [0.15, 0.2) is 36.2 Å². The molecule has 1 aliphatic rings. The third-order valence-electron chi connectivity index (χ3n) is 3.32. The highest BCUT2D eigenvalue weighted by Crippen LogP contribution is 2.27. The summed E-state index contributed by atoms with van der Waals surface area (Å²) in [7, 11) is 0. The molecule has 0 spiro atoms. The Kier molecular flexibility index (Phi) is 4.84. The second-order valence-corrected chi connectivity index (χ2v) is 5.34. The van der Waals surface area contributed by atoms with Crippen LogP contribution in [0.1, 0.15) is 6.42 Å². The van der Waals surface area contributed by atoms with Gasteiger partial charge in [-0.3, -0.25) is 15.5 Å². The van der Waals surface area contributed by atoms with Crippen LogP contribution in [-0.2, 0) is 4.79 Å². The van der Waals surface area contributed by atoms with Gasteiger partial charge in [-0.1, -0.05) is 11.6 Å². The lowest BCUT2D eigenvalue weighted by molar-refractivity contribution is -0.123. The van der Waals surface area contributed by atoms with E-state index in [0.717, 1.165) is 5.69 Å². The fourth-order valence-corrected chi connectivity index (χ4v) is 2.19. The molecule has 1 heterocycles. The van der Waals surface area contributed by atoms with Crippen molar-refractivity contribution in [3.05, 3.63) is 41.2 Å². The minimum atomic E-state index is -4.88. The van der Waals surface area contributed by atoms with Gasteiger partial charge in [-0.15, -0.1) is 0 Å². The predicted octanol–water partition coefficient (Wildman–Crippen LogP) is 3.02. The number of rotatable bonds is 4. The Labute approximate surface area is 134 Å². The molecule has 3 N–H and O–H groups in total. The zero-order valence-electron chi connectivity index (χ0n) is 11.7. The molecular weight excluding hydrogens is 335 g/mol. The monoisotopic (exact) mass is 347 g/mol. The van der Waals surface area contributed by atoms with Crippen molar-refractivity contribution in [1.29, 1.82) is 5.41 Å². The first-order valence-corrected chi connectivity index (χ1v) is 6.96. The molecule has 5 nitrogen and oxygen atoms in total. The number of alkyl halides is 3. The summed E-state index contributed by atoms with van der Waals surface area (Å²) in [6, 6.07) is 6.15. The first-order chi connectivity index (χ1) is 10.7. The van der Waals surface area contributed by atoms with E-state index in [2.05, 4.69) is 0 Å². The van der Waals surface area contributed by atoms with Crippen molar-refractivity contribution < 1.29 is 23.1 Å². The van der Waals surface area contributed by atoms with Gasteiger partial charge in [-0.25, -0.2) is 0 Å². The normalized spacial score (nSPS) is 18.3. The van der Waals surface area contributed by atoms with Gasteiger partial charge in [-0.05, 0) is 30.7 Å². The van der Waals surface area contributed by atoms with E-state index in [4.69, 9.17) is 17.0 Å². The van der Waals surface area contributed by atoms with Gasteiger partial charge < -0.3 is 10.0 Å². The van der Waals surface area contributed by atoms with Gasteiger partial charge >= 0.3 is 6.18 Å². The molecule has 2 rings (SSSR count). The smallest absolute Gasteiger partial charge is 0.432 e. The van der Waals surface area contributed by atoms with Crippen LogP contribution in [0.5, 0.6) is 0 Å². The second-order valence-electron chi connectivity index (χ2n) is 4.90. The van der Waals surface area contributed by atoms with E-state index < -0.39 is 29.7 Å². The van der Waals surface area contributed by atoms with Crippen molar-refractivity contribution in [2.24, 2.45) is 0 Å². The van der Waals surface area contributed by atoms with Gasteiger partial charge in [0.25, 0.3) is 0 Å². The average Bonchev–Trinajstić information content (AvgIpc) is 2.38. The van der Waals surface area contributed by atoms with Crippen molar-refractivity contribution in [1.82, 2.24) is 5.32 Å². The van der Waals surface area contributed by atoms with E-state index in [1.54, 1.807) is 29.2 Å². The molecule has 0 saturated carbocycles. The molecule has 1 aromatic carbocycles. The van der Waals surface area contributed by atoms with E-state index in [0.29, 0.717) is 18.0 Å². The van der Waals surface area contributed by atoms with Crippen molar-refractivity contribution in [3.8, 4) is 0 Å². The zero-order valence-corrected chi connectivity index (χ0v) is 12.4. The Morgan fingerprint density at radius 3 is 2.48 bits per heavy atom. The number of allylic oxidation sites excluding steroid dienone is 1. The third kappa shape index (κ3) is 4.16. The molecule has 124 valence electrons. The summed E-state index contributed by atoms with van der Waals surface area (Å²) in [5, 5.41) is 18.6. The Balaban J connectivity index is 2.00. The largest absolute Gasteiger partial charge is 0.494 e. The van der Waals surface area contributed by atoms with Crippen LogP contribution in [0.2, 0.25) is 5.02 Å². The van der Waals surface area contributed by atoms with Crippen LogP contribution in [0, 0.1) is 5.41 Å². The molecule has 0 unspecified atom stereocenters. The topological polar surface area (TPSA) is 76.4 Å². The summed E-state index contributed by atoms with van der Waals surface area (Å²) in [6.45, 7) is 0.600. The fraction of sp³-hybridized carbons (Fsp3) is 0.286. The van der Waals surface area contributed by atoms with E-state index in [9.17, 15) is 23.1 Å². The Hall–Kier alpha value is -2.22. The van der Waals surface area contributed by atoms with Crippen LogP contribution < -0.4 is 10.2 Å². The standard InChI is InChI=1S/C14H13ClF3N3O2/c15-8-1-3-9(4-2-8)21-6-5-10(21)13(23)20-12(22)7-11(19)14(16,17)18/h1-4,7,10,19,22H,5-6H2,(H,20,23)/b12-7-,19-11?/t10-/m0/s1. The minimum Gasteiger partial charge on any atom is -0.494 e. The van der Waals surface area contributed by atoms with Gasteiger partial charge in [0.2, 0.25) is 5.91 Å². The molecule has 0 radical (unpaired) electrons. The van der Waals surface area contributed by atoms with Gasteiger partial charge in [0.1, 0.15) is 11.8 Å². The quantitative estimate of drug-likeness (QED) is 0.579. The van der Waals surface area contributed by atoms with Gasteiger partial charge in [-0.2, -0.15) is 13.2 Å².